The van der Waals surface area contributed by atoms with Crippen molar-refractivity contribution in [3.8, 4) is 44.7 Å². The largest absolute Gasteiger partial charge is 0.494 e. The maximum Gasteiger partial charge on any atom is 0.242 e. The minimum absolute atomic E-state index is 0.312. The van der Waals surface area contributed by atoms with Crippen molar-refractivity contribution in [2.24, 2.45) is 5.73 Å². The molecule has 0 aliphatic rings. The van der Waals surface area contributed by atoms with Gasteiger partial charge in [-0.25, -0.2) is 4.98 Å². The number of rotatable bonds is 9. The molecule has 170 valence electrons. The SMILES string of the molecule is CCOc1ccc(-c2nc(NC(=O)[C@H](C)N)sc2-c2cc(OC)c(OC)c(OC)c2)cc1. The lowest BCUT2D eigenvalue weighted by Gasteiger charge is -2.14. The van der Waals surface area contributed by atoms with Gasteiger partial charge in [0.2, 0.25) is 11.7 Å². The number of hydrogen-bond acceptors (Lipinski definition) is 8. The van der Waals surface area contributed by atoms with E-state index in [0.29, 0.717) is 34.7 Å². The molecule has 0 bridgehead atoms. The summed E-state index contributed by atoms with van der Waals surface area (Å²) in [4.78, 5) is 17.7. The maximum atomic E-state index is 12.2. The molecule has 0 fully saturated rings. The predicted molar refractivity (Wildman–Crippen MR) is 126 cm³/mol. The van der Waals surface area contributed by atoms with Crippen LogP contribution in [0, 0.1) is 0 Å². The van der Waals surface area contributed by atoms with E-state index in [2.05, 4.69) is 10.3 Å². The molecule has 1 aromatic heterocycles. The van der Waals surface area contributed by atoms with Crippen LogP contribution < -0.4 is 30.0 Å². The zero-order chi connectivity index (χ0) is 23.3. The van der Waals surface area contributed by atoms with Crippen molar-refractivity contribution < 1.29 is 23.7 Å². The first-order chi connectivity index (χ1) is 15.4. The van der Waals surface area contributed by atoms with Gasteiger partial charge in [0.25, 0.3) is 0 Å². The molecule has 3 N–H and O–H groups in total. The number of nitrogens with two attached hydrogens (primary N) is 1. The number of hydrogen-bond donors (Lipinski definition) is 2. The molecule has 3 aromatic rings. The van der Waals surface area contributed by atoms with Crippen molar-refractivity contribution in [1.29, 1.82) is 0 Å². The van der Waals surface area contributed by atoms with E-state index < -0.39 is 6.04 Å². The third-order valence-electron chi connectivity index (χ3n) is 4.64. The molecule has 0 aliphatic carbocycles. The first-order valence-corrected chi connectivity index (χ1v) is 10.8. The second-order valence-corrected chi connectivity index (χ2v) is 7.85. The summed E-state index contributed by atoms with van der Waals surface area (Å²) in [6.45, 7) is 4.14. The average molecular weight is 458 g/mol. The Morgan fingerprint density at radius 1 is 1.06 bits per heavy atom. The van der Waals surface area contributed by atoms with Gasteiger partial charge in [0.05, 0.1) is 44.5 Å². The van der Waals surface area contributed by atoms with Crippen molar-refractivity contribution in [2.75, 3.05) is 33.3 Å². The minimum Gasteiger partial charge on any atom is -0.494 e. The van der Waals surface area contributed by atoms with E-state index in [1.165, 1.54) is 11.3 Å². The van der Waals surface area contributed by atoms with Gasteiger partial charge >= 0.3 is 0 Å². The molecule has 9 heteroatoms. The third kappa shape index (κ3) is 4.95. The molecule has 0 spiro atoms. The lowest BCUT2D eigenvalue weighted by Crippen LogP contribution is -2.32. The highest BCUT2D eigenvalue weighted by molar-refractivity contribution is 7.19. The van der Waals surface area contributed by atoms with Crippen molar-refractivity contribution >= 4 is 22.4 Å². The summed E-state index contributed by atoms with van der Waals surface area (Å²) in [6.07, 6.45) is 0. The fourth-order valence-electron chi connectivity index (χ4n) is 3.07. The molecule has 0 aliphatic heterocycles. The number of carbonyl (C=O) groups is 1. The van der Waals surface area contributed by atoms with Gasteiger partial charge in [-0.2, -0.15) is 0 Å². The smallest absolute Gasteiger partial charge is 0.242 e. The molecule has 0 radical (unpaired) electrons. The monoisotopic (exact) mass is 457 g/mol. The van der Waals surface area contributed by atoms with Gasteiger partial charge in [-0.3, -0.25) is 4.79 Å². The molecule has 32 heavy (non-hydrogen) atoms. The number of ether oxygens (including phenoxy) is 4. The van der Waals surface area contributed by atoms with E-state index in [-0.39, 0.29) is 5.91 Å². The first kappa shape index (κ1) is 23.4. The van der Waals surface area contributed by atoms with Gasteiger partial charge in [0.15, 0.2) is 16.6 Å². The van der Waals surface area contributed by atoms with Crippen LogP contribution in [0.1, 0.15) is 13.8 Å². The molecular formula is C23H27N3O5S. The highest BCUT2D eigenvalue weighted by atomic mass is 32.1. The molecule has 8 nitrogen and oxygen atoms in total. The number of thiazole rings is 1. The summed E-state index contributed by atoms with van der Waals surface area (Å²) < 4.78 is 22.0. The van der Waals surface area contributed by atoms with Crippen molar-refractivity contribution in [3.05, 3.63) is 36.4 Å². The summed E-state index contributed by atoms with van der Waals surface area (Å²) in [5.74, 6) is 2.00. The highest BCUT2D eigenvalue weighted by Gasteiger charge is 2.21. The Hall–Kier alpha value is -3.30. The average Bonchev–Trinajstić information content (AvgIpc) is 3.22. The van der Waals surface area contributed by atoms with E-state index in [4.69, 9.17) is 24.7 Å². The fraction of sp³-hybridized carbons (Fsp3) is 0.304. The van der Waals surface area contributed by atoms with Crippen LogP contribution >= 0.6 is 11.3 Å². The Balaban J connectivity index is 2.15. The van der Waals surface area contributed by atoms with Gasteiger partial charge in [-0.1, -0.05) is 11.3 Å². The highest BCUT2D eigenvalue weighted by Crippen LogP contribution is 2.46. The zero-order valence-electron chi connectivity index (χ0n) is 18.7. The number of nitrogens with one attached hydrogen (secondary N) is 1. The van der Waals surface area contributed by atoms with Crippen molar-refractivity contribution in [2.45, 2.75) is 19.9 Å². The van der Waals surface area contributed by atoms with Crippen LogP contribution in [0.15, 0.2) is 36.4 Å². The third-order valence-corrected chi connectivity index (χ3v) is 5.66. The second kappa shape index (κ2) is 10.3. The van der Waals surface area contributed by atoms with Crippen LogP contribution in [0.5, 0.6) is 23.0 Å². The molecule has 1 amide bonds. The number of amides is 1. The van der Waals surface area contributed by atoms with Gasteiger partial charge in [-0.15, -0.1) is 0 Å². The normalized spacial score (nSPS) is 11.6. The van der Waals surface area contributed by atoms with Crippen molar-refractivity contribution in [3.63, 3.8) is 0 Å². The quantitative estimate of drug-likeness (QED) is 0.496. The van der Waals surface area contributed by atoms with E-state index in [9.17, 15) is 4.79 Å². The number of benzene rings is 2. The summed E-state index contributed by atoms with van der Waals surface area (Å²) in [5.41, 5.74) is 8.09. The maximum absolute atomic E-state index is 12.2. The van der Waals surface area contributed by atoms with Crippen molar-refractivity contribution in [1.82, 2.24) is 4.98 Å². The summed E-state index contributed by atoms with van der Waals surface area (Å²) >= 11 is 1.34. The van der Waals surface area contributed by atoms with Crippen LogP contribution in [0.3, 0.4) is 0 Å². The first-order valence-electron chi connectivity index (χ1n) is 10.0. The molecule has 0 saturated carbocycles. The molecule has 1 atom stereocenters. The Morgan fingerprint density at radius 3 is 2.19 bits per heavy atom. The number of carbonyl (C=O) groups excluding carboxylic acids is 1. The standard InChI is InChI=1S/C23H27N3O5S/c1-6-31-16-9-7-14(8-10-16)19-21(32-23(25-19)26-22(27)13(2)24)15-11-17(28-3)20(30-5)18(12-15)29-4/h7-13H,6,24H2,1-5H3,(H,25,26,27)/t13-/m0/s1. The Bertz CT molecular complexity index is 1050. The zero-order valence-corrected chi connectivity index (χ0v) is 19.5. The Labute approximate surface area is 191 Å². The summed E-state index contributed by atoms with van der Waals surface area (Å²) in [7, 11) is 4.69. The van der Waals surface area contributed by atoms with Crippen LogP contribution in [0.2, 0.25) is 0 Å². The second-order valence-electron chi connectivity index (χ2n) is 6.85. The predicted octanol–water partition coefficient (Wildman–Crippen LogP) is 4.19. The van der Waals surface area contributed by atoms with Crippen LogP contribution in [0.4, 0.5) is 5.13 Å². The lowest BCUT2D eigenvalue weighted by molar-refractivity contribution is -0.117. The minimum atomic E-state index is -0.655. The topological polar surface area (TPSA) is 105 Å². The molecule has 0 saturated heterocycles. The van der Waals surface area contributed by atoms with Gasteiger partial charge in [0.1, 0.15) is 5.75 Å². The number of nitrogens with zero attached hydrogens (tertiary/aromatic N) is 1. The molecule has 2 aromatic carbocycles. The fourth-order valence-corrected chi connectivity index (χ4v) is 4.05. The van der Waals surface area contributed by atoms with Crippen LogP contribution in [0.25, 0.3) is 21.7 Å². The van der Waals surface area contributed by atoms with Gasteiger partial charge in [-0.05, 0) is 50.2 Å². The Morgan fingerprint density at radius 2 is 1.69 bits per heavy atom. The van der Waals surface area contributed by atoms with E-state index in [1.54, 1.807) is 28.3 Å². The van der Waals surface area contributed by atoms with Crippen LogP contribution in [-0.2, 0) is 4.79 Å². The molecule has 1 heterocycles. The van der Waals surface area contributed by atoms with Crippen LogP contribution in [-0.4, -0.2) is 44.9 Å². The number of aromatic nitrogens is 1. The molecule has 3 rings (SSSR count). The van der Waals surface area contributed by atoms with Gasteiger partial charge in [0, 0.05) is 11.1 Å². The molecular weight excluding hydrogens is 430 g/mol. The number of anilines is 1. The Kier molecular flexibility index (Phi) is 7.55. The van der Waals surface area contributed by atoms with E-state index >= 15 is 0 Å². The summed E-state index contributed by atoms with van der Waals surface area (Å²) in [6, 6.07) is 10.7. The summed E-state index contributed by atoms with van der Waals surface area (Å²) in [5, 5.41) is 3.23. The van der Waals surface area contributed by atoms with E-state index in [1.807, 2.05) is 43.3 Å². The lowest BCUT2D eigenvalue weighted by atomic mass is 10.1. The molecule has 0 unspecified atom stereocenters. The van der Waals surface area contributed by atoms with E-state index in [0.717, 1.165) is 21.8 Å². The van der Waals surface area contributed by atoms with Gasteiger partial charge < -0.3 is 30.0 Å². The number of methoxy groups -OCH3 is 3.